The monoisotopic (exact) mass is 248 g/mol. The maximum Gasteiger partial charge on any atom is 0.317 e. The molecule has 0 heterocycles. The van der Waals surface area contributed by atoms with Crippen LogP contribution in [0.1, 0.15) is 29.8 Å². The first-order chi connectivity index (χ1) is 8.52. The fourth-order valence-corrected chi connectivity index (χ4v) is 2.10. The highest BCUT2D eigenvalue weighted by Crippen LogP contribution is 2.30. The zero-order valence-corrected chi connectivity index (χ0v) is 10.7. The molecule has 0 amide bonds. The van der Waals surface area contributed by atoms with Crippen molar-refractivity contribution in [1.29, 1.82) is 0 Å². The lowest BCUT2D eigenvalue weighted by atomic mass is 10.1. The summed E-state index contributed by atoms with van der Waals surface area (Å²) in [6, 6.07) is 5.30. The molecular formula is C14H16O4. The van der Waals surface area contributed by atoms with Gasteiger partial charge in [-0.2, -0.15) is 0 Å². The van der Waals surface area contributed by atoms with E-state index in [1.807, 2.05) is 6.07 Å². The molecule has 0 aromatic heterocycles. The molecule has 1 aromatic rings. The number of fused-ring (bicyclic) bond motifs is 1. The zero-order chi connectivity index (χ0) is 13.3. The average Bonchev–Trinajstić information content (AvgIpc) is 2.65. The van der Waals surface area contributed by atoms with Crippen molar-refractivity contribution in [3.8, 4) is 5.75 Å². The lowest BCUT2D eigenvalue weighted by Gasteiger charge is -2.11. The van der Waals surface area contributed by atoms with Crippen molar-refractivity contribution in [2.24, 2.45) is 5.92 Å². The molecule has 0 bridgehead atoms. The van der Waals surface area contributed by atoms with Gasteiger partial charge in [0.2, 0.25) is 0 Å². The van der Waals surface area contributed by atoms with Crippen LogP contribution in [0.5, 0.6) is 5.75 Å². The Balaban J connectivity index is 2.22. The van der Waals surface area contributed by atoms with E-state index in [4.69, 9.17) is 9.47 Å². The van der Waals surface area contributed by atoms with Crippen molar-refractivity contribution < 1.29 is 19.1 Å². The van der Waals surface area contributed by atoms with E-state index in [1.165, 1.54) is 0 Å². The van der Waals surface area contributed by atoms with Gasteiger partial charge in [-0.1, -0.05) is 6.07 Å². The zero-order valence-electron chi connectivity index (χ0n) is 10.7. The summed E-state index contributed by atoms with van der Waals surface area (Å²) in [5.74, 6) is -0.686. The molecule has 1 aliphatic rings. The number of carbonyl (C=O) groups is 2. The largest absolute Gasteiger partial charge is 0.497 e. The van der Waals surface area contributed by atoms with Crippen LogP contribution in [0.4, 0.5) is 0 Å². The van der Waals surface area contributed by atoms with Crippen LogP contribution in [0, 0.1) is 5.92 Å². The standard InChI is InChI=1S/C14H16O4/c1-8(2)18-14(16)12-6-9-4-5-10(17-3)7-11(9)13(12)15/h4-5,7-8,12H,6H2,1-3H3. The van der Waals surface area contributed by atoms with Crippen molar-refractivity contribution in [3.63, 3.8) is 0 Å². The Kier molecular flexibility index (Phi) is 3.36. The maximum absolute atomic E-state index is 12.1. The van der Waals surface area contributed by atoms with Gasteiger partial charge in [-0.05, 0) is 38.0 Å². The average molecular weight is 248 g/mol. The summed E-state index contributed by atoms with van der Waals surface area (Å²) >= 11 is 0. The van der Waals surface area contributed by atoms with Gasteiger partial charge in [0.15, 0.2) is 5.78 Å². The lowest BCUT2D eigenvalue weighted by molar-refractivity contribution is -0.150. The summed E-state index contributed by atoms with van der Waals surface area (Å²) < 4.78 is 10.2. The van der Waals surface area contributed by atoms with Crippen LogP contribution >= 0.6 is 0 Å². The molecule has 0 saturated carbocycles. The highest BCUT2D eigenvalue weighted by atomic mass is 16.5. The second-order valence-electron chi connectivity index (χ2n) is 4.63. The number of hydrogen-bond acceptors (Lipinski definition) is 4. The molecule has 0 saturated heterocycles. The lowest BCUT2D eigenvalue weighted by Crippen LogP contribution is -2.25. The van der Waals surface area contributed by atoms with Gasteiger partial charge in [0, 0.05) is 5.56 Å². The molecule has 1 aliphatic carbocycles. The van der Waals surface area contributed by atoms with E-state index in [0.717, 1.165) is 5.56 Å². The van der Waals surface area contributed by atoms with Crippen molar-refractivity contribution in [3.05, 3.63) is 29.3 Å². The minimum absolute atomic E-state index is 0.172. The van der Waals surface area contributed by atoms with Crippen molar-refractivity contribution in [2.45, 2.75) is 26.4 Å². The fraction of sp³-hybridized carbons (Fsp3) is 0.429. The topological polar surface area (TPSA) is 52.6 Å². The minimum atomic E-state index is -0.700. The second-order valence-corrected chi connectivity index (χ2v) is 4.63. The molecule has 0 fully saturated rings. The molecule has 1 atom stereocenters. The summed E-state index contributed by atoms with van der Waals surface area (Å²) in [7, 11) is 1.55. The van der Waals surface area contributed by atoms with Crippen LogP contribution in [0.3, 0.4) is 0 Å². The van der Waals surface area contributed by atoms with Gasteiger partial charge >= 0.3 is 5.97 Å². The van der Waals surface area contributed by atoms with E-state index in [2.05, 4.69) is 0 Å². The second kappa shape index (κ2) is 4.80. The van der Waals surface area contributed by atoms with Crippen LogP contribution in [0.2, 0.25) is 0 Å². The first-order valence-corrected chi connectivity index (χ1v) is 5.94. The number of esters is 1. The normalized spacial score (nSPS) is 17.8. The van der Waals surface area contributed by atoms with Gasteiger partial charge in [0.1, 0.15) is 11.7 Å². The quantitative estimate of drug-likeness (QED) is 0.606. The number of carbonyl (C=O) groups excluding carboxylic acids is 2. The van der Waals surface area contributed by atoms with Crippen LogP contribution in [0.15, 0.2) is 18.2 Å². The molecule has 2 rings (SSSR count). The third-order valence-electron chi connectivity index (χ3n) is 2.96. The SMILES string of the molecule is COc1ccc2c(c1)C(=O)C(C(=O)OC(C)C)C2. The van der Waals surface area contributed by atoms with E-state index in [9.17, 15) is 9.59 Å². The molecule has 4 nitrogen and oxygen atoms in total. The predicted molar refractivity (Wildman–Crippen MR) is 65.7 cm³/mol. The Bertz CT molecular complexity index is 491. The Labute approximate surface area is 106 Å². The molecule has 0 spiro atoms. The summed E-state index contributed by atoms with van der Waals surface area (Å²) in [6.07, 6.45) is 0.215. The Morgan fingerprint density at radius 3 is 2.72 bits per heavy atom. The van der Waals surface area contributed by atoms with Crippen LogP contribution in [0.25, 0.3) is 0 Å². The molecule has 1 aromatic carbocycles. The van der Waals surface area contributed by atoms with Gasteiger partial charge in [-0.25, -0.2) is 0 Å². The molecular weight excluding hydrogens is 232 g/mol. The number of ether oxygens (including phenoxy) is 2. The van der Waals surface area contributed by atoms with Crippen LogP contribution < -0.4 is 4.74 Å². The van der Waals surface area contributed by atoms with E-state index in [-0.39, 0.29) is 11.9 Å². The van der Waals surface area contributed by atoms with E-state index in [1.54, 1.807) is 33.1 Å². The molecule has 0 radical (unpaired) electrons. The smallest absolute Gasteiger partial charge is 0.317 e. The molecule has 0 N–H and O–H groups in total. The summed E-state index contributed by atoms with van der Waals surface area (Å²) in [4.78, 5) is 23.9. The van der Waals surface area contributed by atoms with Crippen molar-refractivity contribution in [1.82, 2.24) is 0 Å². The summed E-state index contributed by atoms with van der Waals surface area (Å²) in [5, 5.41) is 0. The Morgan fingerprint density at radius 1 is 1.39 bits per heavy atom. The summed E-state index contributed by atoms with van der Waals surface area (Å²) in [5.41, 5.74) is 1.45. The van der Waals surface area contributed by atoms with Crippen LogP contribution in [-0.4, -0.2) is 25.0 Å². The molecule has 1 unspecified atom stereocenters. The van der Waals surface area contributed by atoms with E-state index in [0.29, 0.717) is 17.7 Å². The highest BCUT2D eigenvalue weighted by Gasteiger charge is 2.37. The fourth-order valence-electron chi connectivity index (χ4n) is 2.10. The van der Waals surface area contributed by atoms with Crippen LogP contribution in [-0.2, 0) is 16.0 Å². The molecule has 96 valence electrons. The Morgan fingerprint density at radius 2 is 2.11 bits per heavy atom. The summed E-state index contributed by atoms with van der Waals surface area (Å²) in [6.45, 7) is 3.54. The van der Waals surface area contributed by atoms with Gasteiger partial charge in [0.25, 0.3) is 0 Å². The van der Waals surface area contributed by atoms with E-state index >= 15 is 0 Å². The number of methoxy groups -OCH3 is 1. The number of Topliss-reactive ketones (excluding diaryl/α,β-unsaturated/α-hetero) is 1. The first-order valence-electron chi connectivity index (χ1n) is 5.94. The van der Waals surface area contributed by atoms with Gasteiger partial charge in [-0.3, -0.25) is 9.59 Å². The number of hydrogen-bond donors (Lipinski definition) is 0. The number of benzene rings is 1. The first kappa shape index (κ1) is 12.6. The van der Waals surface area contributed by atoms with Crippen molar-refractivity contribution >= 4 is 11.8 Å². The molecule has 4 heteroatoms. The van der Waals surface area contributed by atoms with Gasteiger partial charge < -0.3 is 9.47 Å². The van der Waals surface area contributed by atoms with Gasteiger partial charge in [0.05, 0.1) is 13.2 Å². The number of rotatable bonds is 3. The highest BCUT2D eigenvalue weighted by molar-refractivity contribution is 6.12. The maximum atomic E-state index is 12.1. The minimum Gasteiger partial charge on any atom is -0.497 e. The Hall–Kier alpha value is -1.84. The van der Waals surface area contributed by atoms with Crippen molar-refractivity contribution in [2.75, 3.05) is 7.11 Å². The molecule has 0 aliphatic heterocycles. The molecule has 18 heavy (non-hydrogen) atoms. The number of ketones is 1. The predicted octanol–water partition coefficient (Wildman–Crippen LogP) is 2.00. The van der Waals surface area contributed by atoms with E-state index < -0.39 is 11.9 Å². The third-order valence-corrected chi connectivity index (χ3v) is 2.96. The third kappa shape index (κ3) is 2.23. The van der Waals surface area contributed by atoms with Gasteiger partial charge in [-0.15, -0.1) is 0 Å².